The van der Waals surface area contributed by atoms with Crippen LogP contribution >= 0.6 is 0 Å². The molecule has 0 N–H and O–H groups in total. The SMILES string of the molecule is COc1ccccc1N1CCN(C(=O)c2nn(Cc3ccccc3)c(=O)c3ccccc23)CC1. The van der Waals surface area contributed by atoms with Crippen molar-refractivity contribution >= 4 is 22.4 Å². The zero-order valence-corrected chi connectivity index (χ0v) is 19.1. The molecule has 0 saturated carbocycles. The Bertz CT molecular complexity index is 1380. The summed E-state index contributed by atoms with van der Waals surface area (Å²) in [6.07, 6.45) is 0. The zero-order valence-electron chi connectivity index (χ0n) is 19.1. The monoisotopic (exact) mass is 454 g/mol. The lowest BCUT2D eigenvalue weighted by Crippen LogP contribution is -2.49. The van der Waals surface area contributed by atoms with Crippen molar-refractivity contribution in [2.24, 2.45) is 0 Å². The standard InChI is InChI=1S/C27H26N4O3/c1-34-24-14-8-7-13-23(24)29-15-17-30(18-16-29)27(33)25-21-11-5-6-12-22(21)26(32)31(28-25)19-20-9-3-2-4-10-20/h2-14H,15-19H2,1H3. The van der Waals surface area contributed by atoms with E-state index in [-0.39, 0.29) is 11.5 Å². The summed E-state index contributed by atoms with van der Waals surface area (Å²) in [7, 11) is 1.67. The van der Waals surface area contributed by atoms with Crippen LogP contribution in [0.25, 0.3) is 10.8 Å². The molecular weight excluding hydrogens is 428 g/mol. The van der Waals surface area contributed by atoms with Crippen LogP contribution in [-0.2, 0) is 6.54 Å². The molecule has 1 saturated heterocycles. The second kappa shape index (κ2) is 9.39. The van der Waals surface area contributed by atoms with E-state index in [9.17, 15) is 9.59 Å². The zero-order chi connectivity index (χ0) is 23.5. The van der Waals surface area contributed by atoms with Gasteiger partial charge in [-0.05, 0) is 23.8 Å². The van der Waals surface area contributed by atoms with Crippen molar-refractivity contribution in [3.8, 4) is 5.75 Å². The molecule has 1 aromatic heterocycles. The Morgan fingerprint density at radius 2 is 1.50 bits per heavy atom. The highest BCUT2D eigenvalue weighted by Gasteiger charge is 2.27. The van der Waals surface area contributed by atoms with Gasteiger partial charge in [0.1, 0.15) is 5.75 Å². The fourth-order valence-electron chi connectivity index (χ4n) is 4.45. The molecule has 1 aliphatic rings. The summed E-state index contributed by atoms with van der Waals surface area (Å²) in [6.45, 7) is 2.81. The topological polar surface area (TPSA) is 67.7 Å². The molecule has 1 aliphatic heterocycles. The summed E-state index contributed by atoms with van der Waals surface area (Å²) < 4.78 is 6.90. The Balaban J connectivity index is 1.43. The minimum absolute atomic E-state index is 0.155. The number of carbonyl (C=O) groups excluding carboxylic acids is 1. The summed E-state index contributed by atoms with van der Waals surface area (Å²) >= 11 is 0. The summed E-state index contributed by atoms with van der Waals surface area (Å²) in [5.74, 6) is 0.667. The summed E-state index contributed by atoms with van der Waals surface area (Å²) in [5, 5.41) is 5.65. The van der Waals surface area contributed by atoms with E-state index in [0.717, 1.165) is 17.0 Å². The third-order valence-corrected chi connectivity index (χ3v) is 6.24. The van der Waals surface area contributed by atoms with E-state index in [1.165, 1.54) is 4.68 Å². The molecule has 0 aliphatic carbocycles. The van der Waals surface area contributed by atoms with Crippen LogP contribution in [0.5, 0.6) is 5.75 Å². The smallest absolute Gasteiger partial charge is 0.275 e. The van der Waals surface area contributed by atoms with Gasteiger partial charge in [-0.15, -0.1) is 0 Å². The first-order chi connectivity index (χ1) is 16.7. The van der Waals surface area contributed by atoms with E-state index < -0.39 is 0 Å². The van der Waals surface area contributed by atoms with Crippen molar-refractivity contribution in [1.29, 1.82) is 0 Å². The third kappa shape index (κ3) is 4.12. The maximum Gasteiger partial charge on any atom is 0.275 e. The van der Waals surface area contributed by atoms with E-state index in [1.54, 1.807) is 19.2 Å². The summed E-state index contributed by atoms with van der Waals surface area (Å²) in [5.41, 5.74) is 2.10. The maximum atomic E-state index is 13.6. The molecule has 172 valence electrons. The average molecular weight is 455 g/mol. The number of amides is 1. The van der Waals surface area contributed by atoms with Gasteiger partial charge in [0.25, 0.3) is 11.5 Å². The Morgan fingerprint density at radius 3 is 2.24 bits per heavy atom. The highest BCUT2D eigenvalue weighted by molar-refractivity contribution is 6.04. The van der Waals surface area contributed by atoms with Crippen molar-refractivity contribution in [1.82, 2.24) is 14.7 Å². The highest BCUT2D eigenvalue weighted by Crippen LogP contribution is 2.28. The van der Waals surface area contributed by atoms with Crippen molar-refractivity contribution in [3.05, 3.63) is 100 Å². The summed E-state index contributed by atoms with van der Waals surface area (Å²) in [6, 6.07) is 24.8. The van der Waals surface area contributed by atoms with Gasteiger partial charge in [0.15, 0.2) is 5.69 Å². The van der Waals surface area contributed by atoms with E-state index in [2.05, 4.69) is 10.00 Å². The van der Waals surface area contributed by atoms with Gasteiger partial charge >= 0.3 is 0 Å². The van der Waals surface area contributed by atoms with Crippen LogP contribution in [0.4, 0.5) is 5.69 Å². The second-order valence-electron chi connectivity index (χ2n) is 8.29. The number of hydrogen-bond donors (Lipinski definition) is 0. The number of benzene rings is 3. The summed E-state index contributed by atoms with van der Waals surface area (Å²) in [4.78, 5) is 30.7. The molecule has 4 aromatic rings. The normalized spacial score (nSPS) is 13.8. The van der Waals surface area contributed by atoms with Crippen LogP contribution in [0.1, 0.15) is 16.1 Å². The molecule has 5 rings (SSSR count). The fourth-order valence-corrected chi connectivity index (χ4v) is 4.45. The molecule has 3 aromatic carbocycles. The van der Waals surface area contributed by atoms with Gasteiger partial charge in [0.05, 0.1) is 24.7 Å². The van der Waals surface area contributed by atoms with Crippen LogP contribution in [0, 0.1) is 0 Å². The van der Waals surface area contributed by atoms with E-state index in [4.69, 9.17) is 4.74 Å². The molecule has 7 heteroatoms. The van der Waals surface area contributed by atoms with E-state index in [1.807, 2.05) is 71.6 Å². The van der Waals surface area contributed by atoms with Gasteiger partial charge in [-0.1, -0.05) is 60.7 Å². The predicted octanol–water partition coefficient (Wildman–Crippen LogP) is 3.42. The molecule has 0 bridgehead atoms. The fraction of sp³-hybridized carbons (Fsp3) is 0.222. The molecule has 0 atom stereocenters. The number of ether oxygens (including phenoxy) is 1. The van der Waals surface area contributed by atoms with Crippen molar-refractivity contribution in [2.45, 2.75) is 6.54 Å². The van der Waals surface area contributed by atoms with E-state index >= 15 is 0 Å². The number of piperazine rings is 1. The van der Waals surface area contributed by atoms with Gasteiger partial charge in [-0.3, -0.25) is 9.59 Å². The number of carbonyl (C=O) groups is 1. The first-order valence-electron chi connectivity index (χ1n) is 11.4. The van der Waals surface area contributed by atoms with Crippen LogP contribution in [0.2, 0.25) is 0 Å². The Labute approximate surface area is 197 Å². The predicted molar refractivity (Wildman–Crippen MR) is 133 cm³/mol. The van der Waals surface area contributed by atoms with Gasteiger partial charge < -0.3 is 14.5 Å². The number of methoxy groups -OCH3 is 1. The first-order valence-corrected chi connectivity index (χ1v) is 11.4. The Kier molecular flexibility index (Phi) is 5.99. The second-order valence-corrected chi connectivity index (χ2v) is 8.29. The molecule has 0 radical (unpaired) electrons. The number of para-hydroxylation sites is 2. The van der Waals surface area contributed by atoms with Gasteiger partial charge in [-0.2, -0.15) is 5.10 Å². The average Bonchev–Trinajstić information content (AvgIpc) is 2.90. The minimum Gasteiger partial charge on any atom is -0.495 e. The van der Waals surface area contributed by atoms with Crippen LogP contribution in [0.3, 0.4) is 0 Å². The van der Waals surface area contributed by atoms with Crippen molar-refractivity contribution in [3.63, 3.8) is 0 Å². The number of hydrogen-bond acceptors (Lipinski definition) is 5. The number of rotatable bonds is 5. The lowest BCUT2D eigenvalue weighted by molar-refractivity contribution is 0.0740. The molecule has 0 spiro atoms. The third-order valence-electron chi connectivity index (χ3n) is 6.24. The molecule has 34 heavy (non-hydrogen) atoms. The lowest BCUT2D eigenvalue weighted by atomic mass is 10.1. The van der Waals surface area contributed by atoms with Crippen LogP contribution in [0.15, 0.2) is 83.7 Å². The van der Waals surface area contributed by atoms with Crippen LogP contribution < -0.4 is 15.2 Å². The highest BCUT2D eigenvalue weighted by atomic mass is 16.5. The Hall–Kier alpha value is -4.13. The van der Waals surface area contributed by atoms with E-state index in [0.29, 0.717) is 49.2 Å². The molecule has 1 amide bonds. The quantitative estimate of drug-likeness (QED) is 0.462. The minimum atomic E-state index is -0.197. The Morgan fingerprint density at radius 1 is 0.853 bits per heavy atom. The number of nitrogens with zero attached hydrogens (tertiary/aromatic N) is 4. The van der Waals surface area contributed by atoms with Gasteiger partial charge in [-0.25, -0.2) is 4.68 Å². The maximum absolute atomic E-state index is 13.6. The molecule has 0 unspecified atom stereocenters. The van der Waals surface area contributed by atoms with Crippen molar-refractivity contribution in [2.75, 3.05) is 38.2 Å². The van der Waals surface area contributed by atoms with Crippen molar-refractivity contribution < 1.29 is 9.53 Å². The molecule has 2 heterocycles. The largest absolute Gasteiger partial charge is 0.495 e. The number of fused-ring (bicyclic) bond motifs is 1. The molecular formula is C27H26N4O3. The first kappa shape index (κ1) is 21.7. The molecule has 1 fully saturated rings. The number of aromatic nitrogens is 2. The van der Waals surface area contributed by atoms with Crippen LogP contribution in [-0.4, -0.2) is 53.9 Å². The molecule has 7 nitrogen and oxygen atoms in total. The van der Waals surface area contributed by atoms with Gasteiger partial charge in [0, 0.05) is 31.6 Å². The lowest BCUT2D eigenvalue weighted by Gasteiger charge is -2.36. The number of anilines is 1. The van der Waals surface area contributed by atoms with Gasteiger partial charge in [0.2, 0.25) is 0 Å².